The number of hydrogen-bond acceptors (Lipinski definition) is 5. The maximum atomic E-state index is 12.9. The molecule has 146 valence electrons. The molecule has 0 radical (unpaired) electrons. The fraction of sp³-hybridized carbons (Fsp3) is 0.455. The SMILES string of the molecule is O=C(O)CCCCCOc1ccc2c(c1)C(=O)C(C1CCC(=O)C#CC1=O)C2. The van der Waals surface area contributed by atoms with Gasteiger partial charge in [0.2, 0.25) is 11.6 Å². The Morgan fingerprint density at radius 2 is 1.93 bits per heavy atom. The van der Waals surface area contributed by atoms with Gasteiger partial charge in [0, 0.05) is 30.2 Å². The van der Waals surface area contributed by atoms with Gasteiger partial charge in [-0.15, -0.1) is 0 Å². The highest BCUT2D eigenvalue weighted by Crippen LogP contribution is 2.36. The quantitative estimate of drug-likeness (QED) is 0.422. The Balaban J connectivity index is 1.58. The number of carbonyl (C=O) groups is 4. The third kappa shape index (κ3) is 4.66. The Morgan fingerprint density at radius 1 is 1.11 bits per heavy atom. The lowest BCUT2D eigenvalue weighted by atomic mass is 9.83. The van der Waals surface area contributed by atoms with Crippen molar-refractivity contribution >= 4 is 23.3 Å². The predicted octanol–water partition coefficient (Wildman–Crippen LogP) is 2.62. The number of benzene rings is 1. The van der Waals surface area contributed by atoms with Crippen LogP contribution in [0.3, 0.4) is 0 Å². The van der Waals surface area contributed by atoms with E-state index >= 15 is 0 Å². The predicted molar refractivity (Wildman–Crippen MR) is 100 cm³/mol. The maximum Gasteiger partial charge on any atom is 0.303 e. The summed E-state index contributed by atoms with van der Waals surface area (Å²) in [5.74, 6) is 2.85. The van der Waals surface area contributed by atoms with Gasteiger partial charge in [-0.05, 0) is 61.6 Å². The molecule has 28 heavy (non-hydrogen) atoms. The summed E-state index contributed by atoms with van der Waals surface area (Å²) in [6.45, 7) is 0.453. The minimum atomic E-state index is -0.796. The number of Topliss-reactive ketones (excluding diaryl/α,β-unsaturated/α-hetero) is 3. The molecule has 0 aromatic heterocycles. The van der Waals surface area contributed by atoms with Gasteiger partial charge in [-0.3, -0.25) is 19.2 Å². The second kappa shape index (κ2) is 8.83. The summed E-state index contributed by atoms with van der Waals surface area (Å²) < 4.78 is 5.69. The van der Waals surface area contributed by atoms with E-state index in [-0.39, 0.29) is 30.2 Å². The third-order valence-electron chi connectivity index (χ3n) is 5.26. The van der Waals surface area contributed by atoms with Gasteiger partial charge in [0.25, 0.3) is 0 Å². The van der Waals surface area contributed by atoms with Crippen molar-refractivity contribution < 1.29 is 29.0 Å². The number of unbranched alkanes of at least 4 members (excludes halogenated alkanes) is 2. The van der Waals surface area contributed by atoms with Crippen LogP contribution < -0.4 is 4.74 Å². The van der Waals surface area contributed by atoms with Crippen molar-refractivity contribution in [2.24, 2.45) is 11.8 Å². The van der Waals surface area contributed by atoms with E-state index in [0.717, 1.165) is 18.4 Å². The number of ketones is 3. The van der Waals surface area contributed by atoms with E-state index < -0.39 is 17.8 Å². The summed E-state index contributed by atoms with van der Waals surface area (Å²) in [4.78, 5) is 47.1. The van der Waals surface area contributed by atoms with E-state index in [9.17, 15) is 19.2 Å². The fourth-order valence-electron chi connectivity index (χ4n) is 3.74. The topological polar surface area (TPSA) is 97.7 Å². The molecule has 2 atom stereocenters. The van der Waals surface area contributed by atoms with Crippen LogP contribution in [-0.2, 0) is 20.8 Å². The van der Waals surface area contributed by atoms with Crippen molar-refractivity contribution in [1.29, 1.82) is 0 Å². The van der Waals surface area contributed by atoms with Gasteiger partial charge in [0.05, 0.1) is 6.61 Å². The molecule has 0 bridgehead atoms. The van der Waals surface area contributed by atoms with E-state index in [0.29, 0.717) is 37.2 Å². The van der Waals surface area contributed by atoms with Crippen molar-refractivity contribution in [3.63, 3.8) is 0 Å². The summed E-state index contributed by atoms with van der Waals surface area (Å²) >= 11 is 0. The van der Waals surface area contributed by atoms with Gasteiger partial charge in [0.15, 0.2) is 5.78 Å². The molecule has 0 spiro atoms. The fourth-order valence-corrected chi connectivity index (χ4v) is 3.74. The van der Waals surface area contributed by atoms with Crippen LogP contribution >= 0.6 is 0 Å². The van der Waals surface area contributed by atoms with Crippen molar-refractivity contribution in [1.82, 2.24) is 0 Å². The van der Waals surface area contributed by atoms with E-state index in [1.54, 1.807) is 6.07 Å². The average molecular weight is 382 g/mol. The number of carboxylic acids is 1. The Kier molecular flexibility index (Phi) is 6.25. The van der Waals surface area contributed by atoms with Gasteiger partial charge in [-0.2, -0.15) is 0 Å². The number of carboxylic acid groups (broad SMARTS) is 1. The van der Waals surface area contributed by atoms with Crippen molar-refractivity contribution in [2.45, 2.75) is 44.9 Å². The van der Waals surface area contributed by atoms with Crippen LogP contribution in [-0.4, -0.2) is 35.0 Å². The number of hydrogen-bond donors (Lipinski definition) is 1. The summed E-state index contributed by atoms with van der Waals surface area (Å²) in [6, 6.07) is 5.38. The smallest absolute Gasteiger partial charge is 0.303 e. The molecule has 0 saturated heterocycles. The molecule has 6 heteroatoms. The molecule has 0 saturated carbocycles. The van der Waals surface area contributed by atoms with E-state index in [1.165, 1.54) is 0 Å². The Morgan fingerprint density at radius 3 is 2.71 bits per heavy atom. The first-order chi connectivity index (χ1) is 13.5. The van der Waals surface area contributed by atoms with Gasteiger partial charge in [0.1, 0.15) is 5.75 Å². The first kappa shape index (κ1) is 19.8. The molecule has 0 amide bonds. The third-order valence-corrected chi connectivity index (χ3v) is 5.26. The molecule has 1 aromatic rings. The molecule has 0 aliphatic heterocycles. The number of ether oxygens (including phenoxy) is 1. The zero-order chi connectivity index (χ0) is 20.1. The minimum absolute atomic E-state index is 0.0867. The van der Waals surface area contributed by atoms with Gasteiger partial charge < -0.3 is 9.84 Å². The molecule has 0 fully saturated rings. The number of rotatable bonds is 8. The standard InChI is InChI=1S/C22H22O6/c23-15-6-9-17(20(24)10-7-15)19-12-14-5-8-16(13-18(14)22(19)27)28-11-3-1-2-4-21(25)26/h5,8,13,17,19H,1-4,6,9,11-12H2,(H,25,26). The van der Waals surface area contributed by atoms with Crippen LogP contribution in [0.1, 0.15) is 54.4 Å². The molecular weight excluding hydrogens is 360 g/mol. The second-order valence-corrected chi connectivity index (χ2v) is 7.23. The van der Waals surface area contributed by atoms with Crippen LogP contribution in [0.4, 0.5) is 0 Å². The number of carbonyl (C=O) groups excluding carboxylic acids is 3. The molecule has 0 heterocycles. The van der Waals surface area contributed by atoms with Crippen LogP contribution in [0.2, 0.25) is 0 Å². The van der Waals surface area contributed by atoms with Crippen LogP contribution in [0, 0.1) is 23.7 Å². The molecule has 6 nitrogen and oxygen atoms in total. The number of fused-ring (bicyclic) bond motifs is 1. The van der Waals surface area contributed by atoms with Crippen LogP contribution in [0.5, 0.6) is 5.75 Å². The Labute approximate surface area is 163 Å². The van der Waals surface area contributed by atoms with E-state index in [4.69, 9.17) is 9.84 Å². The van der Waals surface area contributed by atoms with Gasteiger partial charge in [-0.1, -0.05) is 6.07 Å². The summed E-state index contributed by atoms with van der Waals surface area (Å²) in [5.41, 5.74) is 1.46. The van der Waals surface area contributed by atoms with Gasteiger partial charge in [-0.25, -0.2) is 0 Å². The van der Waals surface area contributed by atoms with Gasteiger partial charge >= 0.3 is 5.97 Å². The highest BCUT2D eigenvalue weighted by molar-refractivity contribution is 6.11. The van der Waals surface area contributed by atoms with Crippen molar-refractivity contribution in [3.05, 3.63) is 29.3 Å². The average Bonchev–Trinajstić information content (AvgIpc) is 2.88. The normalized spacial score (nSPS) is 20.9. The first-order valence-electron chi connectivity index (χ1n) is 9.56. The zero-order valence-corrected chi connectivity index (χ0v) is 15.5. The monoisotopic (exact) mass is 382 g/mol. The lowest BCUT2D eigenvalue weighted by molar-refractivity contribution is -0.137. The van der Waals surface area contributed by atoms with E-state index in [2.05, 4.69) is 11.8 Å². The largest absolute Gasteiger partial charge is 0.494 e. The lowest BCUT2D eigenvalue weighted by Gasteiger charge is -2.17. The molecule has 1 aromatic carbocycles. The van der Waals surface area contributed by atoms with Crippen LogP contribution in [0.15, 0.2) is 18.2 Å². The summed E-state index contributed by atoms with van der Waals surface area (Å²) in [5, 5.41) is 8.61. The summed E-state index contributed by atoms with van der Waals surface area (Å²) in [7, 11) is 0. The first-order valence-corrected chi connectivity index (χ1v) is 9.56. The van der Waals surface area contributed by atoms with Crippen LogP contribution in [0.25, 0.3) is 0 Å². The molecular formula is C22H22O6. The maximum absolute atomic E-state index is 12.9. The van der Waals surface area contributed by atoms with E-state index in [1.807, 2.05) is 12.1 Å². The highest BCUT2D eigenvalue weighted by atomic mass is 16.5. The van der Waals surface area contributed by atoms with Crippen molar-refractivity contribution in [3.8, 4) is 17.6 Å². The minimum Gasteiger partial charge on any atom is -0.494 e. The molecule has 2 unspecified atom stereocenters. The molecule has 2 aliphatic carbocycles. The number of aliphatic carboxylic acids is 1. The summed E-state index contributed by atoms with van der Waals surface area (Å²) in [6.07, 6.45) is 3.32. The molecule has 3 rings (SSSR count). The molecule has 2 aliphatic rings. The molecule has 1 N–H and O–H groups in total. The lowest BCUT2D eigenvalue weighted by Crippen LogP contribution is -2.27. The Hall–Kier alpha value is -2.94. The highest BCUT2D eigenvalue weighted by Gasteiger charge is 2.40. The zero-order valence-electron chi connectivity index (χ0n) is 15.5. The second-order valence-electron chi connectivity index (χ2n) is 7.23. The Bertz CT molecular complexity index is 873. The van der Waals surface area contributed by atoms with Crippen molar-refractivity contribution in [2.75, 3.05) is 6.61 Å².